The highest BCUT2D eigenvalue weighted by molar-refractivity contribution is 5.63. The highest BCUT2D eigenvalue weighted by Crippen LogP contribution is 2.34. The first-order valence-electron chi connectivity index (χ1n) is 10.6. The Kier molecular flexibility index (Phi) is 5.45. The molecule has 1 fully saturated rings. The van der Waals surface area contributed by atoms with Gasteiger partial charge in [0.05, 0.1) is 18.5 Å². The van der Waals surface area contributed by atoms with E-state index < -0.39 is 0 Å². The fraction of sp³-hybridized carbons (Fsp3) is 0.500. The van der Waals surface area contributed by atoms with Crippen LogP contribution in [-0.2, 0) is 20.1 Å². The molecule has 0 bridgehead atoms. The van der Waals surface area contributed by atoms with Crippen LogP contribution in [0.15, 0.2) is 16.5 Å². The number of hydrogen-bond acceptors (Lipinski definition) is 5. The highest BCUT2D eigenvalue weighted by atomic mass is 16.5. The zero-order valence-corrected chi connectivity index (χ0v) is 19.2. The van der Waals surface area contributed by atoms with Crippen molar-refractivity contribution in [2.45, 2.75) is 66.6 Å². The maximum atomic E-state index is 6.12. The van der Waals surface area contributed by atoms with E-state index in [0.29, 0.717) is 11.9 Å². The summed E-state index contributed by atoms with van der Waals surface area (Å²) in [6.07, 6.45) is 2.50. The Morgan fingerprint density at radius 2 is 1.83 bits per heavy atom. The van der Waals surface area contributed by atoms with Gasteiger partial charge in [0.2, 0.25) is 5.89 Å². The van der Waals surface area contributed by atoms with Crippen LogP contribution in [0.5, 0.6) is 5.75 Å². The van der Waals surface area contributed by atoms with Gasteiger partial charge in [-0.2, -0.15) is 5.10 Å². The van der Waals surface area contributed by atoms with E-state index in [1.807, 2.05) is 30.8 Å². The summed E-state index contributed by atoms with van der Waals surface area (Å²) in [6.45, 7) is 12.1. The molecule has 0 saturated heterocycles. The number of ether oxygens (including phenoxy) is 1. The quantitative estimate of drug-likeness (QED) is 0.563. The number of aromatic nitrogens is 3. The molecule has 0 spiro atoms. The van der Waals surface area contributed by atoms with Crippen molar-refractivity contribution >= 4 is 0 Å². The monoisotopic (exact) mass is 408 g/mol. The van der Waals surface area contributed by atoms with Crippen LogP contribution >= 0.6 is 0 Å². The number of rotatable bonds is 7. The molecule has 30 heavy (non-hydrogen) atoms. The first kappa shape index (κ1) is 20.7. The number of aryl methyl sites for hydroxylation is 3. The summed E-state index contributed by atoms with van der Waals surface area (Å²) in [5.74, 6) is 2.47. The second kappa shape index (κ2) is 7.91. The first-order chi connectivity index (χ1) is 14.3. The minimum atomic E-state index is 0.619. The Morgan fingerprint density at radius 1 is 1.10 bits per heavy atom. The average molecular weight is 409 g/mol. The van der Waals surface area contributed by atoms with Crippen LogP contribution in [0.1, 0.15) is 52.4 Å². The van der Waals surface area contributed by atoms with E-state index in [1.165, 1.54) is 24.1 Å². The summed E-state index contributed by atoms with van der Waals surface area (Å²) in [5, 5.41) is 4.59. The third-order valence-corrected chi connectivity index (χ3v) is 6.52. The molecule has 2 heterocycles. The average Bonchev–Trinajstić information content (AvgIpc) is 3.45. The third-order valence-electron chi connectivity index (χ3n) is 6.52. The molecule has 0 unspecified atom stereocenters. The molecule has 0 atom stereocenters. The van der Waals surface area contributed by atoms with Gasteiger partial charge < -0.3 is 9.15 Å². The van der Waals surface area contributed by atoms with Crippen molar-refractivity contribution in [3.63, 3.8) is 0 Å². The maximum Gasteiger partial charge on any atom is 0.226 e. The summed E-state index contributed by atoms with van der Waals surface area (Å²) in [5.41, 5.74) is 7.98. The van der Waals surface area contributed by atoms with Crippen LogP contribution in [0.25, 0.3) is 11.5 Å². The summed E-state index contributed by atoms with van der Waals surface area (Å²) in [4.78, 5) is 7.43. The summed E-state index contributed by atoms with van der Waals surface area (Å²) >= 11 is 0. The molecule has 0 radical (unpaired) electrons. The van der Waals surface area contributed by atoms with Crippen LogP contribution in [0.4, 0.5) is 0 Å². The Morgan fingerprint density at radius 3 is 2.43 bits per heavy atom. The van der Waals surface area contributed by atoms with E-state index in [1.54, 1.807) is 7.11 Å². The van der Waals surface area contributed by atoms with E-state index in [-0.39, 0.29) is 0 Å². The molecular formula is C24H32N4O2. The summed E-state index contributed by atoms with van der Waals surface area (Å²) < 4.78 is 13.5. The van der Waals surface area contributed by atoms with Gasteiger partial charge in [-0.15, -0.1) is 0 Å². The van der Waals surface area contributed by atoms with Gasteiger partial charge in [0.25, 0.3) is 0 Å². The number of nitrogens with zero attached hydrogens (tertiary/aromatic N) is 4. The lowest BCUT2D eigenvalue weighted by molar-refractivity contribution is 0.241. The van der Waals surface area contributed by atoms with Crippen molar-refractivity contribution in [1.29, 1.82) is 0 Å². The topological polar surface area (TPSA) is 56.3 Å². The molecule has 0 N–H and O–H groups in total. The third kappa shape index (κ3) is 3.76. The molecule has 6 nitrogen and oxygen atoms in total. The van der Waals surface area contributed by atoms with Gasteiger partial charge >= 0.3 is 0 Å². The van der Waals surface area contributed by atoms with E-state index in [9.17, 15) is 0 Å². The smallest absolute Gasteiger partial charge is 0.226 e. The van der Waals surface area contributed by atoms with Crippen molar-refractivity contribution < 1.29 is 9.15 Å². The molecule has 1 aliphatic rings. The predicted octanol–water partition coefficient (Wildman–Crippen LogP) is 4.79. The molecule has 6 heteroatoms. The van der Waals surface area contributed by atoms with Crippen molar-refractivity contribution in [2.24, 2.45) is 7.05 Å². The van der Waals surface area contributed by atoms with E-state index in [0.717, 1.165) is 52.7 Å². The van der Waals surface area contributed by atoms with Crippen LogP contribution in [0.3, 0.4) is 0 Å². The Hall–Kier alpha value is -2.60. The van der Waals surface area contributed by atoms with Crippen molar-refractivity contribution in [1.82, 2.24) is 19.7 Å². The molecule has 1 saturated carbocycles. The van der Waals surface area contributed by atoms with Crippen LogP contribution < -0.4 is 4.74 Å². The molecule has 1 aromatic carbocycles. The van der Waals surface area contributed by atoms with Gasteiger partial charge in [-0.3, -0.25) is 9.58 Å². The number of benzene rings is 1. The zero-order chi connectivity index (χ0) is 21.6. The van der Waals surface area contributed by atoms with Gasteiger partial charge in [-0.05, 0) is 70.7 Å². The minimum absolute atomic E-state index is 0.619. The van der Waals surface area contributed by atoms with Gasteiger partial charge in [0, 0.05) is 43.0 Å². The van der Waals surface area contributed by atoms with Crippen LogP contribution in [0, 0.1) is 34.6 Å². The Bertz CT molecular complexity index is 1080. The molecule has 0 aliphatic heterocycles. The lowest BCUT2D eigenvalue weighted by Gasteiger charge is -2.21. The highest BCUT2D eigenvalue weighted by Gasteiger charge is 2.31. The molecule has 1 aliphatic carbocycles. The summed E-state index contributed by atoms with van der Waals surface area (Å²) in [7, 11) is 3.72. The Labute approximate surface area is 178 Å². The predicted molar refractivity (Wildman–Crippen MR) is 118 cm³/mol. The SMILES string of the molecule is COc1ccc(-c2nc(CN(Cc3c(C)nn(C)c3C)C3CC3)c(C)o2)c(C)c1C. The van der Waals surface area contributed by atoms with Crippen molar-refractivity contribution in [3.8, 4) is 17.2 Å². The summed E-state index contributed by atoms with van der Waals surface area (Å²) in [6, 6.07) is 4.65. The molecule has 3 aromatic rings. The van der Waals surface area contributed by atoms with Gasteiger partial charge in [-0.1, -0.05) is 0 Å². The molecular weight excluding hydrogens is 376 g/mol. The van der Waals surface area contributed by atoms with Crippen LogP contribution in [-0.4, -0.2) is 32.8 Å². The molecule has 160 valence electrons. The number of oxazole rings is 1. The van der Waals surface area contributed by atoms with E-state index >= 15 is 0 Å². The van der Waals surface area contributed by atoms with E-state index in [2.05, 4.69) is 37.7 Å². The molecule has 4 rings (SSSR count). The maximum absolute atomic E-state index is 6.12. The Balaban J connectivity index is 1.60. The van der Waals surface area contributed by atoms with Crippen molar-refractivity contribution in [3.05, 3.63) is 51.7 Å². The zero-order valence-electron chi connectivity index (χ0n) is 19.2. The second-order valence-electron chi connectivity index (χ2n) is 8.50. The van der Waals surface area contributed by atoms with Gasteiger partial charge in [0.1, 0.15) is 11.5 Å². The lowest BCUT2D eigenvalue weighted by atomic mass is 10.0. The lowest BCUT2D eigenvalue weighted by Crippen LogP contribution is -2.26. The van der Waals surface area contributed by atoms with Crippen LogP contribution in [0.2, 0.25) is 0 Å². The number of methoxy groups -OCH3 is 1. The van der Waals surface area contributed by atoms with Crippen molar-refractivity contribution in [2.75, 3.05) is 7.11 Å². The normalized spacial score (nSPS) is 14.0. The number of hydrogen-bond donors (Lipinski definition) is 0. The fourth-order valence-electron chi connectivity index (χ4n) is 4.13. The molecule has 2 aromatic heterocycles. The first-order valence-corrected chi connectivity index (χ1v) is 10.6. The second-order valence-corrected chi connectivity index (χ2v) is 8.50. The minimum Gasteiger partial charge on any atom is -0.496 e. The fourth-order valence-corrected chi connectivity index (χ4v) is 4.13. The van der Waals surface area contributed by atoms with Gasteiger partial charge in [0.15, 0.2) is 0 Å². The van der Waals surface area contributed by atoms with Gasteiger partial charge in [-0.25, -0.2) is 4.98 Å². The standard InChI is InChI=1S/C24H32N4O2/c1-14-15(2)23(29-7)11-10-20(14)24-25-22(18(5)30-24)13-28(19-8-9-19)12-21-16(3)26-27(6)17(21)4/h10-11,19H,8-9,12-13H2,1-7H3. The molecule has 0 amide bonds. The largest absolute Gasteiger partial charge is 0.496 e. The van der Waals surface area contributed by atoms with E-state index in [4.69, 9.17) is 14.1 Å².